The van der Waals surface area contributed by atoms with Crippen LogP contribution in [0.1, 0.15) is 35.6 Å². The predicted molar refractivity (Wildman–Crippen MR) is 81.1 cm³/mol. The molecule has 2 aromatic rings. The molecule has 0 amide bonds. The summed E-state index contributed by atoms with van der Waals surface area (Å²) in [5, 5.41) is 4.48. The molecule has 20 heavy (non-hydrogen) atoms. The first kappa shape index (κ1) is 14.8. The molecule has 0 unspecified atom stereocenters. The van der Waals surface area contributed by atoms with Crippen LogP contribution in [-0.2, 0) is 19.6 Å². The fourth-order valence-electron chi connectivity index (χ4n) is 1.99. The molecule has 0 bridgehead atoms. The number of para-hydroxylation sites is 1. The number of aromatic nitrogens is 2. The highest BCUT2D eigenvalue weighted by Gasteiger charge is 2.10. The number of carbonyl (C=O) groups is 1. The predicted octanol–water partition coefficient (Wildman–Crippen LogP) is 3.62. The number of hydrogen-bond acceptors (Lipinski definition) is 3. The van der Waals surface area contributed by atoms with Crippen molar-refractivity contribution in [3.05, 3.63) is 45.7 Å². The van der Waals surface area contributed by atoms with E-state index in [-0.39, 0.29) is 0 Å². The number of aryl methyl sites for hydroxylation is 2. The molecule has 0 radical (unpaired) electrons. The Bertz CT molecular complexity index is 608. The molecule has 4 nitrogen and oxygen atoms in total. The van der Waals surface area contributed by atoms with Gasteiger partial charge in [-0.05, 0) is 47.5 Å². The number of nitrogens with zero attached hydrogens (tertiary/aromatic N) is 2. The van der Waals surface area contributed by atoms with E-state index in [0.717, 1.165) is 35.1 Å². The molecular weight excluding hydrogens is 320 g/mol. The minimum Gasteiger partial charge on any atom is -0.485 e. The summed E-state index contributed by atoms with van der Waals surface area (Å²) in [5.74, 6) is 0.574. The lowest BCUT2D eigenvalue weighted by molar-refractivity contribution is 0.111. The van der Waals surface area contributed by atoms with Gasteiger partial charge in [-0.25, -0.2) is 0 Å². The van der Waals surface area contributed by atoms with E-state index in [2.05, 4.69) is 28.0 Å². The quantitative estimate of drug-likeness (QED) is 0.756. The zero-order valence-electron chi connectivity index (χ0n) is 11.6. The molecule has 2 rings (SSSR count). The van der Waals surface area contributed by atoms with Gasteiger partial charge in [-0.2, -0.15) is 5.10 Å². The first-order valence-corrected chi connectivity index (χ1v) is 7.41. The molecule has 106 valence electrons. The molecule has 0 aliphatic rings. The SMILES string of the molecule is CCc1cc(COc2c(Br)cccc2C=O)n(CC)n1. The van der Waals surface area contributed by atoms with Crippen molar-refractivity contribution in [1.29, 1.82) is 0 Å². The molecule has 1 heterocycles. The number of ether oxygens (including phenoxy) is 1. The Morgan fingerprint density at radius 2 is 2.20 bits per heavy atom. The molecule has 0 atom stereocenters. The molecule has 1 aromatic heterocycles. The van der Waals surface area contributed by atoms with Crippen LogP contribution in [0.5, 0.6) is 5.75 Å². The number of benzene rings is 1. The Morgan fingerprint density at radius 1 is 1.40 bits per heavy atom. The summed E-state index contributed by atoms with van der Waals surface area (Å²) in [6.45, 7) is 5.32. The van der Waals surface area contributed by atoms with Crippen LogP contribution in [0.4, 0.5) is 0 Å². The zero-order chi connectivity index (χ0) is 14.5. The zero-order valence-corrected chi connectivity index (χ0v) is 13.2. The van der Waals surface area contributed by atoms with Crippen molar-refractivity contribution >= 4 is 22.2 Å². The number of halogens is 1. The standard InChI is InChI=1S/C15H17BrN2O2/c1-3-12-8-13(18(4-2)17-12)10-20-15-11(9-19)6-5-7-14(15)16/h5-9H,3-4,10H2,1-2H3. The van der Waals surface area contributed by atoms with Gasteiger partial charge in [-0.1, -0.05) is 13.0 Å². The monoisotopic (exact) mass is 336 g/mol. The van der Waals surface area contributed by atoms with Crippen LogP contribution < -0.4 is 4.74 Å². The van der Waals surface area contributed by atoms with Gasteiger partial charge in [0, 0.05) is 6.54 Å². The first-order chi connectivity index (χ1) is 9.69. The van der Waals surface area contributed by atoms with Gasteiger partial charge in [-0.15, -0.1) is 0 Å². The van der Waals surface area contributed by atoms with Gasteiger partial charge in [0.2, 0.25) is 0 Å². The van der Waals surface area contributed by atoms with Crippen molar-refractivity contribution in [2.45, 2.75) is 33.4 Å². The molecule has 0 fully saturated rings. The van der Waals surface area contributed by atoms with Crippen LogP contribution in [0.25, 0.3) is 0 Å². The van der Waals surface area contributed by atoms with Gasteiger partial charge in [0.05, 0.1) is 21.4 Å². The highest BCUT2D eigenvalue weighted by molar-refractivity contribution is 9.10. The van der Waals surface area contributed by atoms with E-state index in [1.165, 1.54) is 0 Å². The van der Waals surface area contributed by atoms with E-state index in [9.17, 15) is 4.79 Å². The Labute approximate surface area is 126 Å². The Hall–Kier alpha value is -1.62. The van der Waals surface area contributed by atoms with Gasteiger partial charge in [-0.3, -0.25) is 9.48 Å². The van der Waals surface area contributed by atoms with Gasteiger partial charge in [0.1, 0.15) is 12.4 Å². The third kappa shape index (κ3) is 3.10. The van der Waals surface area contributed by atoms with Crippen LogP contribution in [0, 0.1) is 0 Å². The third-order valence-electron chi connectivity index (χ3n) is 3.06. The molecule has 0 N–H and O–H groups in total. The van der Waals surface area contributed by atoms with Crippen molar-refractivity contribution in [1.82, 2.24) is 9.78 Å². The molecule has 5 heteroatoms. The largest absolute Gasteiger partial charge is 0.485 e. The van der Waals surface area contributed by atoms with Crippen molar-refractivity contribution in [3.8, 4) is 5.75 Å². The first-order valence-electron chi connectivity index (χ1n) is 6.61. The van der Waals surface area contributed by atoms with Crippen LogP contribution >= 0.6 is 15.9 Å². The number of carbonyl (C=O) groups excluding carboxylic acids is 1. The summed E-state index contributed by atoms with van der Waals surface area (Å²) < 4.78 is 8.51. The molecule has 0 aliphatic carbocycles. The van der Waals surface area contributed by atoms with Crippen LogP contribution in [-0.4, -0.2) is 16.1 Å². The molecule has 0 spiro atoms. The van der Waals surface area contributed by atoms with E-state index < -0.39 is 0 Å². The minimum atomic E-state index is 0.393. The van der Waals surface area contributed by atoms with E-state index in [4.69, 9.17) is 4.74 Å². The Kier molecular flexibility index (Phi) is 4.95. The van der Waals surface area contributed by atoms with Gasteiger partial charge >= 0.3 is 0 Å². The molecule has 0 saturated heterocycles. The number of rotatable bonds is 6. The minimum absolute atomic E-state index is 0.393. The summed E-state index contributed by atoms with van der Waals surface area (Å²) in [4.78, 5) is 11.0. The van der Waals surface area contributed by atoms with Crippen LogP contribution in [0.2, 0.25) is 0 Å². The third-order valence-corrected chi connectivity index (χ3v) is 3.69. The van der Waals surface area contributed by atoms with Crippen molar-refractivity contribution < 1.29 is 9.53 Å². The maximum absolute atomic E-state index is 11.0. The number of hydrogen-bond donors (Lipinski definition) is 0. The summed E-state index contributed by atoms with van der Waals surface area (Å²) in [6.07, 6.45) is 1.70. The summed E-state index contributed by atoms with van der Waals surface area (Å²) in [5.41, 5.74) is 2.60. The highest BCUT2D eigenvalue weighted by Crippen LogP contribution is 2.28. The Balaban J connectivity index is 2.20. The fraction of sp³-hybridized carbons (Fsp3) is 0.333. The van der Waals surface area contributed by atoms with E-state index >= 15 is 0 Å². The average molecular weight is 337 g/mol. The summed E-state index contributed by atoms with van der Waals surface area (Å²) >= 11 is 3.41. The van der Waals surface area contributed by atoms with Crippen LogP contribution in [0.15, 0.2) is 28.7 Å². The lowest BCUT2D eigenvalue weighted by Gasteiger charge is -2.11. The second-order valence-corrected chi connectivity index (χ2v) is 5.22. The normalized spacial score (nSPS) is 10.6. The van der Waals surface area contributed by atoms with E-state index in [1.54, 1.807) is 6.07 Å². The lowest BCUT2D eigenvalue weighted by Crippen LogP contribution is -2.07. The second-order valence-electron chi connectivity index (χ2n) is 4.36. The maximum Gasteiger partial charge on any atom is 0.153 e. The molecular formula is C15H17BrN2O2. The number of aldehydes is 1. The van der Waals surface area contributed by atoms with Crippen LogP contribution in [0.3, 0.4) is 0 Å². The summed E-state index contributed by atoms with van der Waals surface area (Å²) in [7, 11) is 0. The highest BCUT2D eigenvalue weighted by atomic mass is 79.9. The van der Waals surface area contributed by atoms with Crippen molar-refractivity contribution in [3.63, 3.8) is 0 Å². The smallest absolute Gasteiger partial charge is 0.153 e. The van der Waals surface area contributed by atoms with Crippen molar-refractivity contribution in [2.24, 2.45) is 0 Å². The second kappa shape index (κ2) is 6.70. The molecule has 0 aliphatic heterocycles. The van der Waals surface area contributed by atoms with Crippen molar-refractivity contribution in [2.75, 3.05) is 0 Å². The van der Waals surface area contributed by atoms with Gasteiger partial charge < -0.3 is 4.74 Å². The van der Waals surface area contributed by atoms with E-state index in [0.29, 0.717) is 17.9 Å². The maximum atomic E-state index is 11.0. The molecule has 0 saturated carbocycles. The van der Waals surface area contributed by atoms with E-state index in [1.807, 2.05) is 29.8 Å². The lowest BCUT2D eigenvalue weighted by atomic mass is 10.2. The average Bonchev–Trinajstić information content (AvgIpc) is 2.88. The van der Waals surface area contributed by atoms with Gasteiger partial charge in [0.15, 0.2) is 6.29 Å². The fourth-order valence-corrected chi connectivity index (χ4v) is 2.49. The summed E-state index contributed by atoms with van der Waals surface area (Å²) in [6, 6.07) is 7.45. The van der Waals surface area contributed by atoms with Gasteiger partial charge in [0.25, 0.3) is 0 Å². The topological polar surface area (TPSA) is 44.1 Å². The molecule has 1 aromatic carbocycles. The Morgan fingerprint density at radius 3 is 2.85 bits per heavy atom.